The number of aliphatic imine (C=N–C) groups is 1. The lowest BCUT2D eigenvalue weighted by atomic mass is 9.83. The summed E-state index contributed by atoms with van der Waals surface area (Å²) in [4.78, 5) is 4.35. The molecule has 2 N–H and O–H groups in total. The van der Waals surface area contributed by atoms with Crippen LogP contribution in [0, 0.1) is 11.3 Å². The molecule has 0 amide bonds. The van der Waals surface area contributed by atoms with E-state index in [1.54, 1.807) is 0 Å². The Kier molecular flexibility index (Phi) is 8.89. The zero-order valence-corrected chi connectivity index (χ0v) is 15.7. The molecule has 2 fully saturated rings. The molecule has 0 heterocycles. The Labute approximate surface area is 148 Å². The van der Waals surface area contributed by atoms with Gasteiger partial charge in [-0.25, -0.2) is 0 Å². The molecule has 140 valence electrons. The SMILES string of the molecule is CCOCCC1(CNC(=NC)NCCCOCC2CC2)CCCC1. The van der Waals surface area contributed by atoms with Gasteiger partial charge in [0.25, 0.3) is 0 Å². The molecule has 0 saturated heterocycles. The van der Waals surface area contributed by atoms with E-state index in [1.807, 2.05) is 7.05 Å². The third-order valence-electron chi connectivity index (χ3n) is 5.31. The van der Waals surface area contributed by atoms with Gasteiger partial charge in [0.1, 0.15) is 0 Å². The van der Waals surface area contributed by atoms with E-state index >= 15 is 0 Å². The second kappa shape index (κ2) is 10.9. The number of nitrogens with zero attached hydrogens (tertiary/aromatic N) is 1. The molecule has 2 saturated carbocycles. The summed E-state index contributed by atoms with van der Waals surface area (Å²) in [5, 5.41) is 6.95. The summed E-state index contributed by atoms with van der Waals surface area (Å²) in [6.45, 7) is 7.47. The highest BCUT2D eigenvalue weighted by Gasteiger charge is 2.33. The van der Waals surface area contributed by atoms with E-state index < -0.39 is 0 Å². The Morgan fingerprint density at radius 3 is 2.58 bits per heavy atom. The van der Waals surface area contributed by atoms with Crippen LogP contribution in [0.1, 0.15) is 58.3 Å². The molecule has 0 aromatic carbocycles. The summed E-state index contributed by atoms with van der Waals surface area (Å²) in [6.07, 6.45) is 10.2. The van der Waals surface area contributed by atoms with E-state index in [1.165, 1.54) is 38.5 Å². The third kappa shape index (κ3) is 7.39. The first-order chi connectivity index (χ1) is 11.8. The highest BCUT2D eigenvalue weighted by molar-refractivity contribution is 5.79. The summed E-state index contributed by atoms with van der Waals surface area (Å²) >= 11 is 0. The van der Waals surface area contributed by atoms with Gasteiger partial charge >= 0.3 is 0 Å². The number of nitrogens with one attached hydrogen (secondary N) is 2. The van der Waals surface area contributed by atoms with Gasteiger partial charge in [0.05, 0.1) is 0 Å². The van der Waals surface area contributed by atoms with E-state index in [-0.39, 0.29) is 0 Å². The summed E-state index contributed by atoms with van der Waals surface area (Å²) in [5.74, 6) is 1.77. The first-order valence-electron chi connectivity index (χ1n) is 9.88. The molecule has 5 heteroatoms. The van der Waals surface area contributed by atoms with E-state index in [0.717, 1.165) is 64.2 Å². The number of guanidine groups is 1. The van der Waals surface area contributed by atoms with E-state index in [4.69, 9.17) is 9.47 Å². The molecule has 0 aliphatic heterocycles. The molecule has 0 atom stereocenters. The standard InChI is InChI=1S/C19H37N3O2/c1-3-23-14-11-19(9-4-5-10-19)16-22-18(20-2)21-12-6-13-24-15-17-7-8-17/h17H,3-16H2,1-2H3,(H2,20,21,22). The van der Waals surface area contributed by atoms with Gasteiger partial charge in [-0.1, -0.05) is 12.8 Å². The topological polar surface area (TPSA) is 54.9 Å². The Balaban J connectivity index is 1.59. The van der Waals surface area contributed by atoms with E-state index in [2.05, 4.69) is 22.5 Å². The van der Waals surface area contributed by atoms with Crippen LogP contribution in [-0.4, -0.2) is 52.5 Å². The normalized spacial score (nSPS) is 20.3. The second-order valence-electron chi connectivity index (χ2n) is 7.38. The van der Waals surface area contributed by atoms with Crippen LogP contribution in [0.2, 0.25) is 0 Å². The molecule has 2 rings (SSSR count). The molecule has 2 aliphatic rings. The van der Waals surface area contributed by atoms with Crippen LogP contribution in [-0.2, 0) is 9.47 Å². The molecule has 0 spiro atoms. The van der Waals surface area contributed by atoms with Gasteiger partial charge in [-0.3, -0.25) is 4.99 Å². The van der Waals surface area contributed by atoms with Gasteiger partial charge in [0.2, 0.25) is 0 Å². The van der Waals surface area contributed by atoms with Gasteiger partial charge in [-0.05, 0) is 56.8 Å². The Morgan fingerprint density at radius 1 is 1.12 bits per heavy atom. The van der Waals surface area contributed by atoms with Gasteiger partial charge in [0, 0.05) is 46.6 Å². The van der Waals surface area contributed by atoms with Crippen LogP contribution in [0.3, 0.4) is 0 Å². The highest BCUT2D eigenvalue weighted by atomic mass is 16.5. The first kappa shape index (κ1) is 19.5. The third-order valence-corrected chi connectivity index (χ3v) is 5.31. The van der Waals surface area contributed by atoms with Crippen LogP contribution >= 0.6 is 0 Å². The molecule has 24 heavy (non-hydrogen) atoms. The summed E-state index contributed by atoms with van der Waals surface area (Å²) in [6, 6.07) is 0. The van der Waals surface area contributed by atoms with E-state index in [0.29, 0.717) is 5.41 Å². The van der Waals surface area contributed by atoms with Crippen molar-refractivity contribution in [3.05, 3.63) is 0 Å². The highest BCUT2D eigenvalue weighted by Crippen LogP contribution is 2.40. The smallest absolute Gasteiger partial charge is 0.190 e. The van der Waals surface area contributed by atoms with Crippen molar-refractivity contribution in [1.82, 2.24) is 10.6 Å². The lowest BCUT2D eigenvalue weighted by Gasteiger charge is -2.30. The lowest BCUT2D eigenvalue weighted by Crippen LogP contribution is -2.43. The Bertz CT molecular complexity index is 364. The number of ether oxygens (including phenoxy) is 2. The Morgan fingerprint density at radius 2 is 1.92 bits per heavy atom. The molecule has 0 aromatic heterocycles. The van der Waals surface area contributed by atoms with Crippen molar-refractivity contribution < 1.29 is 9.47 Å². The maximum atomic E-state index is 5.67. The van der Waals surface area contributed by atoms with Crippen LogP contribution in [0.15, 0.2) is 4.99 Å². The summed E-state index contributed by atoms with van der Waals surface area (Å²) in [5.41, 5.74) is 0.389. The minimum absolute atomic E-state index is 0.389. The average Bonchev–Trinajstić information content (AvgIpc) is 3.31. The van der Waals surface area contributed by atoms with Crippen molar-refractivity contribution in [2.75, 3.05) is 46.6 Å². The van der Waals surface area contributed by atoms with Crippen molar-refractivity contribution >= 4 is 5.96 Å². The van der Waals surface area contributed by atoms with Crippen LogP contribution in [0.5, 0.6) is 0 Å². The van der Waals surface area contributed by atoms with Crippen LogP contribution in [0.25, 0.3) is 0 Å². The minimum Gasteiger partial charge on any atom is -0.382 e. The first-order valence-corrected chi connectivity index (χ1v) is 9.88. The van der Waals surface area contributed by atoms with Crippen LogP contribution < -0.4 is 10.6 Å². The number of hydrogen-bond donors (Lipinski definition) is 2. The largest absolute Gasteiger partial charge is 0.382 e. The number of rotatable bonds is 12. The predicted molar refractivity (Wildman–Crippen MR) is 99.5 cm³/mol. The molecule has 5 nitrogen and oxygen atoms in total. The quantitative estimate of drug-likeness (QED) is 0.326. The van der Waals surface area contributed by atoms with Crippen molar-refractivity contribution in [1.29, 1.82) is 0 Å². The minimum atomic E-state index is 0.389. The van der Waals surface area contributed by atoms with Crippen LogP contribution in [0.4, 0.5) is 0 Å². The van der Waals surface area contributed by atoms with Gasteiger partial charge in [-0.15, -0.1) is 0 Å². The fourth-order valence-corrected chi connectivity index (χ4v) is 3.48. The molecular formula is C19H37N3O2. The molecule has 0 bridgehead atoms. The maximum Gasteiger partial charge on any atom is 0.190 e. The second-order valence-corrected chi connectivity index (χ2v) is 7.38. The fourth-order valence-electron chi connectivity index (χ4n) is 3.48. The van der Waals surface area contributed by atoms with Crippen molar-refractivity contribution in [3.8, 4) is 0 Å². The fraction of sp³-hybridized carbons (Fsp3) is 0.947. The molecule has 0 radical (unpaired) electrons. The van der Waals surface area contributed by atoms with E-state index in [9.17, 15) is 0 Å². The maximum absolute atomic E-state index is 5.67. The Hall–Kier alpha value is -0.810. The van der Waals surface area contributed by atoms with Crippen molar-refractivity contribution in [3.63, 3.8) is 0 Å². The zero-order valence-electron chi connectivity index (χ0n) is 15.7. The summed E-state index contributed by atoms with van der Waals surface area (Å²) < 4.78 is 11.3. The van der Waals surface area contributed by atoms with Gasteiger partial charge in [0.15, 0.2) is 5.96 Å². The van der Waals surface area contributed by atoms with Crippen molar-refractivity contribution in [2.24, 2.45) is 16.3 Å². The monoisotopic (exact) mass is 339 g/mol. The summed E-state index contributed by atoms with van der Waals surface area (Å²) in [7, 11) is 1.85. The predicted octanol–water partition coefficient (Wildman–Crippen LogP) is 2.96. The van der Waals surface area contributed by atoms with Gasteiger partial charge < -0.3 is 20.1 Å². The lowest BCUT2D eigenvalue weighted by molar-refractivity contribution is 0.105. The molecule has 2 aliphatic carbocycles. The van der Waals surface area contributed by atoms with Gasteiger partial charge in [-0.2, -0.15) is 0 Å². The number of hydrogen-bond acceptors (Lipinski definition) is 3. The molecule has 0 unspecified atom stereocenters. The van der Waals surface area contributed by atoms with Crippen molar-refractivity contribution in [2.45, 2.75) is 58.3 Å². The molecule has 0 aromatic rings. The molecular weight excluding hydrogens is 302 g/mol. The average molecular weight is 340 g/mol. The zero-order chi connectivity index (χ0) is 17.1.